The summed E-state index contributed by atoms with van der Waals surface area (Å²) in [5.74, 6) is 0.545. The van der Waals surface area contributed by atoms with Crippen molar-refractivity contribution in [2.45, 2.75) is 64.8 Å². The summed E-state index contributed by atoms with van der Waals surface area (Å²) in [5, 5.41) is 0.811. The maximum absolute atomic E-state index is 13.3. The lowest BCUT2D eigenvalue weighted by Crippen LogP contribution is -2.44. The molecule has 2 aromatic rings. The molecule has 1 atom stereocenters. The number of piperidine rings is 1. The Hall–Kier alpha value is -2.17. The number of anilines is 1. The Morgan fingerprint density at radius 1 is 1.32 bits per heavy atom. The predicted molar refractivity (Wildman–Crippen MR) is 102 cm³/mol. The van der Waals surface area contributed by atoms with Crippen LogP contribution in [0, 0.1) is 0 Å². The van der Waals surface area contributed by atoms with E-state index in [1.165, 1.54) is 12.0 Å². The van der Waals surface area contributed by atoms with Gasteiger partial charge in [0.15, 0.2) is 0 Å². The number of amides is 1. The largest absolute Gasteiger partial charge is 0.368 e. The highest BCUT2D eigenvalue weighted by Gasteiger charge is 2.29. The number of rotatable bonds is 4. The number of hydrogen-bond acceptors (Lipinski definition) is 4. The molecule has 3 rings (SSSR count). The maximum atomic E-state index is 13.3. The molecular formula is C20H28N4O. The Balaban J connectivity index is 2.06. The van der Waals surface area contributed by atoms with Gasteiger partial charge in [-0.2, -0.15) is 0 Å². The molecule has 25 heavy (non-hydrogen) atoms. The second kappa shape index (κ2) is 7.38. The van der Waals surface area contributed by atoms with Gasteiger partial charge in [-0.05, 0) is 49.3 Å². The summed E-state index contributed by atoms with van der Waals surface area (Å²) in [6, 6.07) is 6.35. The van der Waals surface area contributed by atoms with Crippen LogP contribution in [0.15, 0.2) is 18.2 Å². The van der Waals surface area contributed by atoms with Gasteiger partial charge in [0.2, 0.25) is 5.95 Å². The van der Waals surface area contributed by atoms with Gasteiger partial charge < -0.3 is 10.6 Å². The van der Waals surface area contributed by atoms with Gasteiger partial charge in [0, 0.05) is 18.0 Å². The van der Waals surface area contributed by atoms with E-state index in [-0.39, 0.29) is 11.9 Å². The summed E-state index contributed by atoms with van der Waals surface area (Å²) in [7, 11) is 0. The quantitative estimate of drug-likeness (QED) is 0.908. The van der Waals surface area contributed by atoms with E-state index in [1.54, 1.807) is 0 Å². The van der Waals surface area contributed by atoms with Crippen LogP contribution in [0.25, 0.3) is 10.9 Å². The molecule has 0 bridgehead atoms. The zero-order valence-corrected chi connectivity index (χ0v) is 15.5. The van der Waals surface area contributed by atoms with Gasteiger partial charge in [-0.3, -0.25) is 4.79 Å². The zero-order valence-electron chi connectivity index (χ0n) is 15.5. The molecule has 0 aliphatic carbocycles. The standard InChI is InChI=1S/C20H28N4O/c1-4-7-15-8-5-6-11-24(15)19(25)18-16-12-14(13(2)3)9-10-17(16)22-20(21)23-18/h9-10,12-13,15H,4-8,11H2,1-3H3,(H2,21,22,23). The van der Waals surface area contributed by atoms with E-state index in [0.29, 0.717) is 17.7 Å². The van der Waals surface area contributed by atoms with Crippen molar-refractivity contribution < 1.29 is 4.79 Å². The number of nitrogens with zero attached hydrogens (tertiary/aromatic N) is 3. The van der Waals surface area contributed by atoms with Gasteiger partial charge in [-0.1, -0.05) is 33.3 Å². The van der Waals surface area contributed by atoms with Crippen molar-refractivity contribution in [3.63, 3.8) is 0 Å². The summed E-state index contributed by atoms with van der Waals surface area (Å²) >= 11 is 0. The molecule has 1 amide bonds. The fraction of sp³-hybridized carbons (Fsp3) is 0.550. The Morgan fingerprint density at radius 3 is 2.84 bits per heavy atom. The minimum atomic E-state index is -0.00171. The topological polar surface area (TPSA) is 72.1 Å². The number of likely N-dealkylation sites (tertiary alicyclic amines) is 1. The summed E-state index contributed by atoms with van der Waals surface area (Å²) in [6.45, 7) is 7.26. The van der Waals surface area contributed by atoms with E-state index >= 15 is 0 Å². The summed E-state index contributed by atoms with van der Waals surface area (Å²) in [4.78, 5) is 24.0. The Kier molecular flexibility index (Phi) is 5.21. The lowest BCUT2D eigenvalue weighted by atomic mass is 9.96. The monoisotopic (exact) mass is 340 g/mol. The van der Waals surface area contributed by atoms with Gasteiger partial charge in [0.1, 0.15) is 5.69 Å². The van der Waals surface area contributed by atoms with E-state index < -0.39 is 0 Å². The summed E-state index contributed by atoms with van der Waals surface area (Å²) in [5.41, 5.74) is 8.26. The summed E-state index contributed by atoms with van der Waals surface area (Å²) in [6.07, 6.45) is 5.45. The highest BCUT2D eigenvalue weighted by Crippen LogP contribution is 2.27. The van der Waals surface area contributed by atoms with Gasteiger partial charge in [-0.25, -0.2) is 9.97 Å². The van der Waals surface area contributed by atoms with Crippen LogP contribution in [0.4, 0.5) is 5.95 Å². The first-order valence-corrected chi connectivity index (χ1v) is 9.39. The normalized spacial score (nSPS) is 18.1. The molecule has 5 heteroatoms. The first-order chi connectivity index (χ1) is 12.0. The van der Waals surface area contributed by atoms with E-state index in [9.17, 15) is 4.79 Å². The number of benzene rings is 1. The molecule has 1 unspecified atom stereocenters. The van der Waals surface area contributed by atoms with E-state index in [1.807, 2.05) is 17.0 Å². The van der Waals surface area contributed by atoms with Crippen molar-refractivity contribution in [2.75, 3.05) is 12.3 Å². The van der Waals surface area contributed by atoms with Crippen molar-refractivity contribution in [2.24, 2.45) is 0 Å². The van der Waals surface area contributed by atoms with Gasteiger partial charge in [0.25, 0.3) is 5.91 Å². The molecule has 1 aliphatic rings. The number of nitrogen functional groups attached to an aromatic ring is 1. The van der Waals surface area contributed by atoms with Crippen molar-refractivity contribution in [1.29, 1.82) is 0 Å². The Labute approximate surface area is 149 Å². The van der Waals surface area contributed by atoms with Gasteiger partial charge in [-0.15, -0.1) is 0 Å². The second-order valence-corrected chi connectivity index (χ2v) is 7.30. The smallest absolute Gasteiger partial charge is 0.273 e. The molecule has 0 radical (unpaired) electrons. The summed E-state index contributed by atoms with van der Waals surface area (Å²) < 4.78 is 0. The molecular weight excluding hydrogens is 312 g/mol. The zero-order chi connectivity index (χ0) is 18.0. The van der Waals surface area contributed by atoms with Crippen molar-refractivity contribution in [1.82, 2.24) is 14.9 Å². The molecule has 2 heterocycles. The van der Waals surface area contributed by atoms with Crippen LogP contribution in [-0.2, 0) is 0 Å². The number of aromatic nitrogens is 2. The SMILES string of the molecule is CCCC1CCCCN1C(=O)c1nc(N)nc2ccc(C(C)C)cc12. The second-order valence-electron chi connectivity index (χ2n) is 7.30. The number of carbonyl (C=O) groups excluding carboxylic acids is 1. The van der Waals surface area contributed by atoms with Crippen LogP contribution in [0.3, 0.4) is 0 Å². The number of carbonyl (C=O) groups is 1. The fourth-order valence-corrected chi connectivity index (χ4v) is 3.72. The van der Waals surface area contributed by atoms with Crippen molar-refractivity contribution in [3.05, 3.63) is 29.5 Å². The Bertz CT molecular complexity index is 770. The molecule has 134 valence electrons. The van der Waals surface area contributed by atoms with Crippen LogP contribution < -0.4 is 5.73 Å². The third-order valence-corrected chi connectivity index (χ3v) is 5.12. The molecule has 1 aromatic heterocycles. The van der Waals surface area contributed by atoms with Gasteiger partial charge in [0.05, 0.1) is 5.52 Å². The lowest BCUT2D eigenvalue weighted by Gasteiger charge is -2.35. The van der Waals surface area contributed by atoms with E-state index in [4.69, 9.17) is 5.73 Å². The van der Waals surface area contributed by atoms with Crippen LogP contribution in [-0.4, -0.2) is 33.4 Å². The molecule has 1 aliphatic heterocycles. The molecule has 0 spiro atoms. The average Bonchev–Trinajstić information content (AvgIpc) is 2.60. The first-order valence-electron chi connectivity index (χ1n) is 9.39. The van der Waals surface area contributed by atoms with E-state index in [0.717, 1.165) is 43.1 Å². The number of nitrogens with two attached hydrogens (primary N) is 1. The van der Waals surface area contributed by atoms with Crippen LogP contribution in [0.5, 0.6) is 0 Å². The maximum Gasteiger partial charge on any atom is 0.273 e. The number of fused-ring (bicyclic) bond motifs is 1. The highest BCUT2D eigenvalue weighted by molar-refractivity contribution is 6.05. The van der Waals surface area contributed by atoms with Crippen LogP contribution in [0.1, 0.15) is 74.8 Å². The molecule has 1 aromatic carbocycles. The predicted octanol–water partition coefficient (Wildman–Crippen LogP) is 4.13. The minimum absolute atomic E-state index is 0.00171. The van der Waals surface area contributed by atoms with Crippen molar-refractivity contribution >= 4 is 22.8 Å². The molecule has 1 saturated heterocycles. The molecule has 2 N–H and O–H groups in total. The molecule has 1 fully saturated rings. The molecule has 5 nitrogen and oxygen atoms in total. The average molecular weight is 340 g/mol. The lowest BCUT2D eigenvalue weighted by molar-refractivity contribution is 0.0597. The first kappa shape index (κ1) is 17.6. The van der Waals surface area contributed by atoms with Crippen LogP contribution in [0.2, 0.25) is 0 Å². The highest BCUT2D eigenvalue weighted by atomic mass is 16.2. The molecule has 0 saturated carbocycles. The number of hydrogen-bond donors (Lipinski definition) is 1. The van der Waals surface area contributed by atoms with Crippen molar-refractivity contribution in [3.8, 4) is 0 Å². The van der Waals surface area contributed by atoms with Crippen LogP contribution >= 0.6 is 0 Å². The van der Waals surface area contributed by atoms with Gasteiger partial charge >= 0.3 is 0 Å². The van der Waals surface area contributed by atoms with E-state index in [2.05, 4.69) is 36.8 Å². The minimum Gasteiger partial charge on any atom is -0.368 e. The third kappa shape index (κ3) is 3.60. The third-order valence-electron chi connectivity index (χ3n) is 5.12. The fourth-order valence-electron chi connectivity index (χ4n) is 3.72. The Morgan fingerprint density at radius 2 is 2.12 bits per heavy atom.